The predicted octanol–water partition coefficient (Wildman–Crippen LogP) is 3.42. The Hall–Kier alpha value is -3.07. The molecule has 2 aromatic carbocycles. The third-order valence-corrected chi connectivity index (χ3v) is 5.50. The molecular weight excluding hydrogens is 417 g/mol. The van der Waals surface area contributed by atoms with Crippen molar-refractivity contribution in [1.82, 2.24) is 20.2 Å². The van der Waals surface area contributed by atoms with Crippen LogP contribution in [0.4, 0.5) is 4.39 Å². The number of carbonyl (C=O) groups excluding carboxylic acids is 1. The van der Waals surface area contributed by atoms with E-state index in [1.807, 2.05) is 24.3 Å². The van der Waals surface area contributed by atoms with Crippen LogP contribution in [0, 0.1) is 5.82 Å². The first-order chi connectivity index (χ1) is 14.7. The van der Waals surface area contributed by atoms with Gasteiger partial charge in [-0.3, -0.25) is 4.79 Å². The lowest BCUT2D eigenvalue weighted by molar-refractivity contribution is -0.118. The van der Waals surface area contributed by atoms with Crippen molar-refractivity contribution in [2.75, 3.05) is 11.6 Å². The molecule has 0 unspecified atom stereocenters. The van der Waals surface area contributed by atoms with Gasteiger partial charge in [0.15, 0.2) is 5.82 Å². The van der Waals surface area contributed by atoms with Crippen LogP contribution in [0.3, 0.4) is 0 Å². The zero-order valence-electron chi connectivity index (χ0n) is 17.8. The lowest BCUT2D eigenvalue weighted by Gasteiger charge is -2.19. The lowest BCUT2D eigenvalue weighted by atomic mass is 9.87. The van der Waals surface area contributed by atoms with Crippen molar-refractivity contribution < 1.29 is 13.9 Å². The zero-order valence-corrected chi connectivity index (χ0v) is 18.6. The second-order valence-corrected chi connectivity index (χ2v) is 8.97. The first-order valence-electron chi connectivity index (χ1n) is 9.79. The highest BCUT2D eigenvalue weighted by atomic mass is 32.2. The van der Waals surface area contributed by atoms with Crippen molar-refractivity contribution in [2.24, 2.45) is 0 Å². The summed E-state index contributed by atoms with van der Waals surface area (Å²) in [6.45, 7) is 6.95. The van der Waals surface area contributed by atoms with E-state index in [-0.39, 0.29) is 29.5 Å². The SMILES string of the molecule is CC(C)(C)c1ccc(OCc2nnc(SCC(=O)NCc3ccc(F)cc3)n2N)cc1. The number of rotatable bonds is 8. The molecule has 1 heterocycles. The number of hydrogen-bond acceptors (Lipinski definition) is 6. The number of nitrogens with two attached hydrogens (primary N) is 1. The van der Waals surface area contributed by atoms with Crippen LogP contribution in [0.1, 0.15) is 37.7 Å². The van der Waals surface area contributed by atoms with E-state index in [4.69, 9.17) is 10.6 Å². The van der Waals surface area contributed by atoms with E-state index in [0.717, 1.165) is 5.56 Å². The molecule has 0 saturated heterocycles. The van der Waals surface area contributed by atoms with E-state index in [9.17, 15) is 9.18 Å². The lowest BCUT2D eigenvalue weighted by Crippen LogP contribution is -2.25. The van der Waals surface area contributed by atoms with Crippen LogP contribution in [0.2, 0.25) is 0 Å². The number of carbonyl (C=O) groups is 1. The summed E-state index contributed by atoms with van der Waals surface area (Å²) in [5.74, 6) is 6.84. The minimum atomic E-state index is -0.311. The van der Waals surface area contributed by atoms with Crippen LogP contribution < -0.4 is 15.9 Å². The van der Waals surface area contributed by atoms with Gasteiger partial charge >= 0.3 is 0 Å². The van der Waals surface area contributed by atoms with Crippen LogP contribution in [-0.4, -0.2) is 26.5 Å². The molecule has 164 valence electrons. The Morgan fingerprint density at radius 3 is 2.45 bits per heavy atom. The van der Waals surface area contributed by atoms with E-state index in [1.54, 1.807) is 12.1 Å². The minimum Gasteiger partial charge on any atom is -0.486 e. The van der Waals surface area contributed by atoms with Gasteiger partial charge in [0.2, 0.25) is 11.1 Å². The average Bonchev–Trinajstić information content (AvgIpc) is 3.09. The molecular formula is C22H26FN5O2S. The maximum Gasteiger partial charge on any atom is 0.230 e. The molecule has 1 amide bonds. The van der Waals surface area contributed by atoms with Crippen LogP contribution in [-0.2, 0) is 23.4 Å². The Bertz CT molecular complexity index is 1010. The molecule has 0 fully saturated rings. The van der Waals surface area contributed by atoms with E-state index in [0.29, 0.717) is 23.3 Å². The first-order valence-corrected chi connectivity index (χ1v) is 10.8. The van der Waals surface area contributed by atoms with Crippen LogP contribution in [0.15, 0.2) is 53.7 Å². The molecule has 0 aliphatic heterocycles. The summed E-state index contributed by atoms with van der Waals surface area (Å²) in [5.41, 5.74) is 2.11. The van der Waals surface area contributed by atoms with Crippen molar-refractivity contribution >= 4 is 17.7 Å². The maximum atomic E-state index is 12.9. The number of nitrogens with zero attached hydrogens (tertiary/aromatic N) is 3. The normalized spacial score (nSPS) is 11.4. The standard InChI is InChI=1S/C22H26FN5O2S/c1-22(2,3)16-6-10-18(11-7-16)30-13-19-26-27-21(28(19)24)31-14-20(29)25-12-15-4-8-17(23)9-5-15/h4-11H,12-14,24H2,1-3H3,(H,25,29). The van der Waals surface area contributed by atoms with Gasteiger partial charge in [0.05, 0.1) is 5.75 Å². The molecule has 7 nitrogen and oxygen atoms in total. The third kappa shape index (κ3) is 6.45. The number of halogens is 1. The van der Waals surface area contributed by atoms with Crippen molar-refractivity contribution in [3.8, 4) is 5.75 Å². The number of nitrogens with one attached hydrogen (secondary N) is 1. The summed E-state index contributed by atoms with van der Waals surface area (Å²) in [7, 11) is 0. The summed E-state index contributed by atoms with van der Waals surface area (Å²) in [4.78, 5) is 12.1. The fourth-order valence-electron chi connectivity index (χ4n) is 2.69. The number of benzene rings is 2. The van der Waals surface area contributed by atoms with Crippen molar-refractivity contribution in [2.45, 2.75) is 44.5 Å². The Labute approximate surface area is 185 Å². The van der Waals surface area contributed by atoms with Crippen LogP contribution >= 0.6 is 11.8 Å². The molecule has 3 N–H and O–H groups in total. The van der Waals surface area contributed by atoms with Gasteiger partial charge < -0.3 is 15.9 Å². The predicted molar refractivity (Wildman–Crippen MR) is 119 cm³/mol. The van der Waals surface area contributed by atoms with Gasteiger partial charge in [0.1, 0.15) is 18.2 Å². The zero-order chi connectivity index (χ0) is 22.4. The minimum absolute atomic E-state index is 0.0768. The molecule has 0 radical (unpaired) electrons. The molecule has 0 spiro atoms. The second kappa shape index (κ2) is 9.82. The monoisotopic (exact) mass is 443 g/mol. The number of amides is 1. The topological polar surface area (TPSA) is 95.1 Å². The summed E-state index contributed by atoms with van der Waals surface area (Å²) in [5, 5.41) is 11.3. The van der Waals surface area contributed by atoms with Gasteiger partial charge in [-0.05, 0) is 40.8 Å². The van der Waals surface area contributed by atoms with Gasteiger partial charge in [0.25, 0.3) is 0 Å². The largest absolute Gasteiger partial charge is 0.486 e. The first kappa shape index (κ1) is 22.6. The van der Waals surface area contributed by atoms with E-state index in [1.165, 1.54) is 34.1 Å². The molecule has 9 heteroatoms. The van der Waals surface area contributed by atoms with Gasteiger partial charge in [-0.15, -0.1) is 10.2 Å². The second-order valence-electron chi connectivity index (χ2n) is 8.02. The molecule has 3 rings (SSSR count). The van der Waals surface area contributed by atoms with Crippen LogP contribution in [0.25, 0.3) is 0 Å². The third-order valence-electron chi connectivity index (χ3n) is 4.56. The van der Waals surface area contributed by atoms with Gasteiger partial charge in [-0.25, -0.2) is 9.07 Å². The molecule has 0 aliphatic rings. The Morgan fingerprint density at radius 2 is 1.81 bits per heavy atom. The summed E-state index contributed by atoms with van der Waals surface area (Å²) in [6, 6.07) is 13.9. The summed E-state index contributed by atoms with van der Waals surface area (Å²) < 4.78 is 20.0. The van der Waals surface area contributed by atoms with Crippen molar-refractivity contribution in [3.05, 3.63) is 71.3 Å². The van der Waals surface area contributed by atoms with E-state index >= 15 is 0 Å². The number of aromatic nitrogens is 3. The Balaban J connectivity index is 1.47. The molecule has 1 aromatic heterocycles. The smallest absolute Gasteiger partial charge is 0.230 e. The Kier molecular flexibility index (Phi) is 7.17. The van der Waals surface area contributed by atoms with Crippen LogP contribution in [0.5, 0.6) is 5.75 Å². The molecule has 31 heavy (non-hydrogen) atoms. The van der Waals surface area contributed by atoms with Gasteiger partial charge in [0, 0.05) is 6.54 Å². The Morgan fingerprint density at radius 1 is 1.13 bits per heavy atom. The highest BCUT2D eigenvalue weighted by Crippen LogP contribution is 2.24. The fourth-order valence-corrected chi connectivity index (χ4v) is 3.39. The highest BCUT2D eigenvalue weighted by Gasteiger charge is 2.15. The van der Waals surface area contributed by atoms with Crippen molar-refractivity contribution in [3.63, 3.8) is 0 Å². The van der Waals surface area contributed by atoms with E-state index in [2.05, 4.69) is 36.3 Å². The van der Waals surface area contributed by atoms with Gasteiger partial charge in [-0.2, -0.15) is 0 Å². The number of ether oxygens (including phenoxy) is 1. The quantitative estimate of drug-likeness (QED) is 0.409. The molecule has 3 aromatic rings. The number of hydrogen-bond donors (Lipinski definition) is 2. The van der Waals surface area contributed by atoms with Crippen molar-refractivity contribution in [1.29, 1.82) is 0 Å². The molecule has 0 aliphatic carbocycles. The summed E-state index contributed by atoms with van der Waals surface area (Å²) in [6.07, 6.45) is 0. The molecule has 0 saturated carbocycles. The maximum absolute atomic E-state index is 12.9. The highest BCUT2D eigenvalue weighted by molar-refractivity contribution is 7.99. The molecule has 0 atom stereocenters. The van der Waals surface area contributed by atoms with Gasteiger partial charge in [-0.1, -0.05) is 56.8 Å². The number of nitrogen functional groups attached to an aromatic ring is 1. The summed E-state index contributed by atoms with van der Waals surface area (Å²) >= 11 is 1.18. The fraction of sp³-hybridized carbons (Fsp3) is 0.318. The van der Waals surface area contributed by atoms with E-state index < -0.39 is 0 Å². The molecule has 0 bridgehead atoms. The number of thioether (sulfide) groups is 1. The average molecular weight is 444 g/mol.